The van der Waals surface area contributed by atoms with Gasteiger partial charge in [-0.1, -0.05) is 0 Å². The van der Waals surface area contributed by atoms with Gasteiger partial charge in [-0.05, 0) is 55.9 Å². The number of amides is 1. The number of sulfonamides is 1. The van der Waals surface area contributed by atoms with Gasteiger partial charge in [0.1, 0.15) is 4.90 Å². The molecule has 30 heavy (non-hydrogen) atoms. The van der Waals surface area contributed by atoms with Gasteiger partial charge >= 0.3 is 0 Å². The first-order chi connectivity index (χ1) is 14.5. The lowest BCUT2D eigenvalue weighted by atomic mass is 9.80. The van der Waals surface area contributed by atoms with Crippen LogP contribution in [-0.4, -0.2) is 60.4 Å². The van der Waals surface area contributed by atoms with Crippen molar-refractivity contribution in [3.8, 4) is 0 Å². The number of carbonyl (C=O) groups is 1. The molecule has 2 aliphatic heterocycles. The predicted molar refractivity (Wildman–Crippen MR) is 110 cm³/mol. The fourth-order valence-electron chi connectivity index (χ4n) is 4.28. The second-order valence-corrected chi connectivity index (χ2v) is 9.87. The largest absolute Gasteiger partial charge is 0.375 e. The lowest BCUT2D eigenvalue weighted by molar-refractivity contribution is -0.119. The van der Waals surface area contributed by atoms with E-state index < -0.39 is 10.0 Å². The minimum Gasteiger partial charge on any atom is -0.375 e. The van der Waals surface area contributed by atoms with E-state index in [9.17, 15) is 13.2 Å². The lowest BCUT2D eigenvalue weighted by Crippen LogP contribution is -2.51. The van der Waals surface area contributed by atoms with E-state index in [0.717, 1.165) is 12.8 Å². The number of piperidine rings is 1. The van der Waals surface area contributed by atoms with Gasteiger partial charge in [-0.2, -0.15) is 4.31 Å². The van der Waals surface area contributed by atoms with E-state index in [0.29, 0.717) is 50.6 Å². The summed E-state index contributed by atoms with van der Waals surface area (Å²) in [5.41, 5.74) is 0.284. The van der Waals surface area contributed by atoms with Gasteiger partial charge in [-0.25, -0.2) is 8.42 Å². The average molecular weight is 431 g/mol. The molecule has 2 fully saturated rings. The smallest absolute Gasteiger partial charge is 0.251 e. The summed E-state index contributed by atoms with van der Waals surface area (Å²) in [6.45, 7) is 2.07. The topological polar surface area (TPSA) is 101 Å². The molecule has 1 atom stereocenters. The van der Waals surface area contributed by atoms with Crippen molar-refractivity contribution < 1.29 is 17.9 Å². The molecular weight excluding hydrogens is 404 g/mol. The molecule has 9 heteroatoms. The van der Waals surface area contributed by atoms with Gasteiger partial charge in [-0.3, -0.25) is 14.8 Å². The van der Waals surface area contributed by atoms with E-state index in [4.69, 9.17) is 4.74 Å². The van der Waals surface area contributed by atoms with E-state index in [-0.39, 0.29) is 16.4 Å². The van der Waals surface area contributed by atoms with Crippen LogP contribution in [0.2, 0.25) is 0 Å². The summed E-state index contributed by atoms with van der Waals surface area (Å²) in [5, 5.41) is 3.01. The van der Waals surface area contributed by atoms with Crippen molar-refractivity contribution in [1.82, 2.24) is 19.6 Å². The molecule has 2 aliphatic rings. The van der Waals surface area contributed by atoms with Gasteiger partial charge in [0.15, 0.2) is 0 Å². The number of ether oxygens (including phenoxy) is 1. The fourth-order valence-corrected chi connectivity index (χ4v) is 5.68. The molecule has 0 aromatic carbocycles. The molecule has 1 amide bonds. The summed E-state index contributed by atoms with van der Waals surface area (Å²) in [7, 11) is -3.53. The van der Waals surface area contributed by atoms with Crippen molar-refractivity contribution in [1.29, 1.82) is 0 Å². The van der Waals surface area contributed by atoms with E-state index >= 15 is 0 Å². The minimum absolute atomic E-state index is 0.102. The summed E-state index contributed by atoms with van der Waals surface area (Å²) in [4.78, 5) is 20.4. The maximum atomic E-state index is 12.8. The van der Waals surface area contributed by atoms with Crippen LogP contribution >= 0.6 is 0 Å². The number of hydrogen-bond acceptors (Lipinski definition) is 6. The number of rotatable bonds is 5. The van der Waals surface area contributed by atoms with E-state index in [2.05, 4.69) is 15.3 Å². The number of pyridine rings is 2. The molecule has 1 unspecified atom stereocenters. The number of hydrogen-bond donors (Lipinski definition) is 1. The maximum Gasteiger partial charge on any atom is 0.251 e. The van der Waals surface area contributed by atoms with Crippen LogP contribution in [-0.2, 0) is 14.8 Å². The molecule has 160 valence electrons. The summed E-state index contributed by atoms with van der Waals surface area (Å²) in [6, 6.07) is 6.59. The Kier molecular flexibility index (Phi) is 6.12. The normalized spacial score (nSPS) is 21.9. The second kappa shape index (κ2) is 8.79. The Hall–Kier alpha value is -2.36. The van der Waals surface area contributed by atoms with Crippen LogP contribution in [0.25, 0.3) is 0 Å². The maximum absolute atomic E-state index is 12.8. The van der Waals surface area contributed by atoms with E-state index in [1.54, 1.807) is 42.9 Å². The molecule has 2 aromatic rings. The molecule has 0 saturated carbocycles. The zero-order valence-corrected chi connectivity index (χ0v) is 17.6. The summed E-state index contributed by atoms with van der Waals surface area (Å²) in [6.07, 6.45) is 9.17. The highest BCUT2D eigenvalue weighted by Crippen LogP contribution is 2.38. The van der Waals surface area contributed by atoms with Crippen LogP contribution in [0.15, 0.2) is 53.9 Å². The molecule has 1 spiro atoms. The van der Waals surface area contributed by atoms with E-state index in [1.165, 1.54) is 10.5 Å². The lowest BCUT2D eigenvalue weighted by Gasteiger charge is -2.45. The molecule has 2 aromatic heterocycles. The Morgan fingerprint density at radius 2 is 1.93 bits per heavy atom. The standard InChI is InChI=1S/C21H26N4O4S/c26-20(18-3-9-22-10-4-18)24-15-17-5-13-29-21(14-17)6-11-25(12-7-21)30(27,28)19-2-1-8-23-16-19/h1-4,8-10,16-17H,5-7,11-15H2,(H,24,26). The summed E-state index contributed by atoms with van der Waals surface area (Å²) in [5.74, 6) is 0.210. The quantitative estimate of drug-likeness (QED) is 0.777. The number of aromatic nitrogens is 2. The minimum atomic E-state index is -3.53. The van der Waals surface area contributed by atoms with Crippen LogP contribution < -0.4 is 5.32 Å². The molecular formula is C21H26N4O4S. The van der Waals surface area contributed by atoms with Gasteiger partial charge < -0.3 is 10.1 Å². The first-order valence-corrected chi connectivity index (χ1v) is 11.6. The SMILES string of the molecule is O=C(NCC1CCOC2(CCN(S(=O)(=O)c3cccnc3)CC2)C1)c1ccncc1. The molecule has 0 bridgehead atoms. The summed E-state index contributed by atoms with van der Waals surface area (Å²) >= 11 is 0. The Morgan fingerprint density at radius 1 is 1.17 bits per heavy atom. The van der Waals surface area contributed by atoms with E-state index in [1.807, 2.05) is 0 Å². The van der Waals surface area contributed by atoms with Crippen LogP contribution in [0.5, 0.6) is 0 Å². The first-order valence-electron chi connectivity index (χ1n) is 10.2. The van der Waals surface area contributed by atoms with Gasteiger partial charge in [-0.15, -0.1) is 0 Å². The molecule has 4 heterocycles. The molecule has 8 nitrogen and oxygen atoms in total. The Morgan fingerprint density at radius 3 is 2.63 bits per heavy atom. The highest BCUT2D eigenvalue weighted by Gasteiger charge is 2.42. The summed E-state index contributed by atoms with van der Waals surface area (Å²) < 4.78 is 33.3. The molecule has 0 aliphatic carbocycles. The molecule has 2 saturated heterocycles. The van der Waals surface area contributed by atoms with Crippen molar-refractivity contribution >= 4 is 15.9 Å². The van der Waals surface area contributed by atoms with Crippen molar-refractivity contribution in [3.63, 3.8) is 0 Å². The van der Waals surface area contributed by atoms with Crippen molar-refractivity contribution in [2.24, 2.45) is 5.92 Å². The number of nitrogens with zero attached hydrogens (tertiary/aromatic N) is 3. The Bertz CT molecular complexity index is 961. The van der Waals surface area contributed by atoms with Crippen molar-refractivity contribution in [2.45, 2.75) is 36.2 Å². The molecule has 4 rings (SSSR count). The third-order valence-electron chi connectivity index (χ3n) is 5.99. The monoisotopic (exact) mass is 430 g/mol. The third-order valence-corrected chi connectivity index (χ3v) is 7.88. The number of nitrogens with one attached hydrogen (secondary N) is 1. The van der Waals surface area contributed by atoms with Crippen LogP contribution in [0.4, 0.5) is 0 Å². The van der Waals surface area contributed by atoms with Crippen LogP contribution in [0.1, 0.15) is 36.0 Å². The fraction of sp³-hybridized carbons (Fsp3) is 0.476. The highest BCUT2D eigenvalue weighted by atomic mass is 32.2. The highest BCUT2D eigenvalue weighted by molar-refractivity contribution is 7.89. The third kappa shape index (κ3) is 4.53. The van der Waals surface area contributed by atoms with Crippen molar-refractivity contribution in [2.75, 3.05) is 26.2 Å². The second-order valence-electron chi connectivity index (χ2n) is 7.93. The van der Waals surface area contributed by atoms with Crippen molar-refractivity contribution in [3.05, 3.63) is 54.6 Å². The van der Waals surface area contributed by atoms with Gasteiger partial charge in [0.25, 0.3) is 5.91 Å². The molecule has 0 radical (unpaired) electrons. The molecule has 1 N–H and O–H groups in total. The zero-order valence-electron chi connectivity index (χ0n) is 16.7. The Labute approximate surface area is 176 Å². The number of carbonyl (C=O) groups excluding carboxylic acids is 1. The Balaban J connectivity index is 1.33. The predicted octanol–water partition coefficient (Wildman–Crippen LogP) is 1.86. The van der Waals surface area contributed by atoms with Gasteiger partial charge in [0, 0.05) is 56.6 Å². The van der Waals surface area contributed by atoms with Gasteiger partial charge in [0.2, 0.25) is 10.0 Å². The van der Waals surface area contributed by atoms with Crippen LogP contribution in [0.3, 0.4) is 0 Å². The zero-order chi connectivity index (χ0) is 21.0. The van der Waals surface area contributed by atoms with Crippen LogP contribution in [0, 0.1) is 5.92 Å². The average Bonchev–Trinajstić information content (AvgIpc) is 2.79. The van der Waals surface area contributed by atoms with Gasteiger partial charge in [0.05, 0.1) is 5.60 Å². The first kappa shape index (κ1) is 20.9.